The van der Waals surface area contributed by atoms with Gasteiger partial charge >= 0.3 is 0 Å². The number of nitrogens with zero attached hydrogens (tertiary/aromatic N) is 1. The summed E-state index contributed by atoms with van der Waals surface area (Å²) in [6, 6.07) is 8.53. The molecule has 2 heterocycles. The summed E-state index contributed by atoms with van der Waals surface area (Å²) in [5.41, 5.74) is 1.25. The Labute approximate surface area is 163 Å². The van der Waals surface area contributed by atoms with Crippen LogP contribution in [0.1, 0.15) is 50.6 Å². The molecule has 2 atom stereocenters. The lowest BCUT2D eigenvalue weighted by Gasteiger charge is -2.30. The maximum Gasteiger partial charge on any atom is 0.220 e. The van der Waals surface area contributed by atoms with Crippen LogP contribution in [-0.2, 0) is 4.79 Å². The van der Waals surface area contributed by atoms with E-state index in [9.17, 15) is 4.79 Å². The Hall–Kier alpha value is -1.59. The first-order valence-corrected chi connectivity index (χ1v) is 10.5. The van der Waals surface area contributed by atoms with Crippen LogP contribution in [0.2, 0.25) is 0 Å². The molecule has 1 aromatic carbocycles. The van der Waals surface area contributed by atoms with Crippen molar-refractivity contribution in [3.8, 4) is 5.75 Å². The van der Waals surface area contributed by atoms with Crippen LogP contribution in [0.25, 0.3) is 0 Å². The molecule has 2 aliphatic heterocycles. The highest BCUT2D eigenvalue weighted by molar-refractivity contribution is 5.76. The average molecular weight is 374 g/mol. The van der Waals surface area contributed by atoms with Crippen molar-refractivity contribution in [2.24, 2.45) is 11.8 Å². The molecule has 5 nitrogen and oxygen atoms in total. The molecular formula is C22H35N3O2. The number of benzene rings is 1. The molecule has 0 spiro atoms. The maximum absolute atomic E-state index is 12.6. The Bertz CT molecular complexity index is 578. The topological polar surface area (TPSA) is 53.6 Å². The first kappa shape index (κ1) is 20.2. The highest BCUT2D eigenvalue weighted by atomic mass is 16.5. The molecule has 2 unspecified atom stereocenters. The van der Waals surface area contributed by atoms with Gasteiger partial charge in [-0.05, 0) is 81.4 Å². The SMILES string of the molecule is COc1ccc(C(CNC(=O)CC(C)C2CCNCC2)N2CCCC2)cc1. The predicted octanol–water partition coefficient (Wildman–Crippen LogP) is 2.97. The number of carbonyl (C=O) groups is 1. The number of amides is 1. The summed E-state index contributed by atoms with van der Waals surface area (Å²) in [5, 5.41) is 6.63. The van der Waals surface area contributed by atoms with Crippen molar-refractivity contribution >= 4 is 5.91 Å². The van der Waals surface area contributed by atoms with E-state index in [-0.39, 0.29) is 11.9 Å². The number of methoxy groups -OCH3 is 1. The molecule has 2 aliphatic rings. The molecule has 0 saturated carbocycles. The first-order valence-electron chi connectivity index (χ1n) is 10.5. The average Bonchev–Trinajstić information content (AvgIpc) is 3.24. The molecule has 0 bridgehead atoms. The zero-order chi connectivity index (χ0) is 19.1. The van der Waals surface area contributed by atoms with Crippen molar-refractivity contribution in [1.82, 2.24) is 15.5 Å². The molecule has 2 fully saturated rings. The standard InChI is InChI=1S/C22H35N3O2/c1-17(18-9-11-23-12-10-18)15-22(26)24-16-21(25-13-3-4-14-25)19-5-7-20(27-2)8-6-19/h5-8,17-18,21,23H,3-4,9-16H2,1-2H3,(H,24,26). The van der Waals surface area contributed by atoms with Crippen LogP contribution >= 0.6 is 0 Å². The van der Waals surface area contributed by atoms with E-state index in [0.29, 0.717) is 24.8 Å². The molecule has 0 radical (unpaired) electrons. The van der Waals surface area contributed by atoms with Crippen molar-refractivity contribution in [1.29, 1.82) is 0 Å². The lowest BCUT2D eigenvalue weighted by molar-refractivity contribution is -0.122. The number of likely N-dealkylation sites (tertiary alicyclic amines) is 1. The highest BCUT2D eigenvalue weighted by Gasteiger charge is 2.25. The van der Waals surface area contributed by atoms with Gasteiger partial charge in [0.2, 0.25) is 5.91 Å². The molecule has 150 valence electrons. The van der Waals surface area contributed by atoms with E-state index in [1.54, 1.807) is 7.11 Å². The van der Waals surface area contributed by atoms with Crippen molar-refractivity contribution in [3.63, 3.8) is 0 Å². The summed E-state index contributed by atoms with van der Waals surface area (Å²) in [6.45, 7) is 7.31. The Balaban J connectivity index is 1.55. The molecule has 5 heteroatoms. The van der Waals surface area contributed by atoms with Crippen LogP contribution in [-0.4, -0.2) is 50.6 Å². The third-order valence-corrected chi connectivity index (χ3v) is 6.27. The van der Waals surface area contributed by atoms with Gasteiger partial charge in [0, 0.05) is 13.0 Å². The van der Waals surface area contributed by atoms with Crippen molar-refractivity contribution in [3.05, 3.63) is 29.8 Å². The first-order chi connectivity index (χ1) is 13.2. The maximum atomic E-state index is 12.6. The van der Waals surface area contributed by atoms with Gasteiger partial charge in [0.25, 0.3) is 0 Å². The van der Waals surface area contributed by atoms with Gasteiger partial charge < -0.3 is 15.4 Å². The predicted molar refractivity (Wildman–Crippen MR) is 109 cm³/mol. The van der Waals surface area contributed by atoms with E-state index in [1.165, 1.54) is 31.2 Å². The number of piperidine rings is 1. The van der Waals surface area contributed by atoms with E-state index in [0.717, 1.165) is 31.9 Å². The molecule has 0 aromatic heterocycles. The lowest BCUT2D eigenvalue weighted by atomic mass is 9.84. The third kappa shape index (κ3) is 5.69. The highest BCUT2D eigenvalue weighted by Crippen LogP contribution is 2.27. The van der Waals surface area contributed by atoms with Gasteiger partial charge in [-0.25, -0.2) is 0 Å². The fourth-order valence-corrected chi connectivity index (χ4v) is 4.49. The molecule has 2 saturated heterocycles. The lowest BCUT2D eigenvalue weighted by Crippen LogP contribution is -2.38. The second-order valence-electron chi connectivity index (χ2n) is 8.10. The number of ether oxygens (including phenoxy) is 1. The van der Waals surface area contributed by atoms with E-state index >= 15 is 0 Å². The van der Waals surface area contributed by atoms with Crippen LogP contribution < -0.4 is 15.4 Å². The Morgan fingerprint density at radius 3 is 2.52 bits per heavy atom. The van der Waals surface area contributed by atoms with Gasteiger partial charge in [-0.2, -0.15) is 0 Å². The monoisotopic (exact) mass is 373 g/mol. The van der Waals surface area contributed by atoms with Gasteiger partial charge in [-0.1, -0.05) is 19.1 Å². The van der Waals surface area contributed by atoms with E-state index in [4.69, 9.17) is 4.74 Å². The van der Waals surface area contributed by atoms with Crippen LogP contribution in [0.4, 0.5) is 0 Å². The number of rotatable bonds is 8. The summed E-state index contributed by atoms with van der Waals surface area (Å²) < 4.78 is 5.29. The fraction of sp³-hybridized carbons (Fsp3) is 0.682. The molecule has 27 heavy (non-hydrogen) atoms. The normalized spacial score (nSPS) is 21.0. The van der Waals surface area contributed by atoms with Crippen molar-refractivity contribution < 1.29 is 9.53 Å². The summed E-state index contributed by atoms with van der Waals surface area (Å²) in [5.74, 6) is 2.20. The molecular weight excluding hydrogens is 338 g/mol. The number of nitrogens with one attached hydrogen (secondary N) is 2. The smallest absolute Gasteiger partial charge is 0.220 e. The largest absolute Gasteiger partial charge is 0.497 e. The van der Waals surface area contributed by atoms with E-state index in [1.807, 2.05) is 12.1 Å². The van der Waals surface area contributed by atoms with Gasteiger partial charge in [-0.15, -0.1) is 0 Å². The minimum absolute atomic E-state index is 0.193. The molecule has 2 N–H and O–H groups in total. The molecule has 1 aromatic rings. The van der Waals surface area contributed by atoms with Crippen LogP contribution in [0.15, 0.2) is 24.3 Å². The van der Waals surface area contributed by atoms with Crippen LogP contribution in [0.3, 0.4) is 0 Å². The Morgan fingerprint density at radius 1 is 1.22 bits per heavy atom. The number of carbonyl (C=O) groups excluding carboxylic acids is 1. The second kappa shape index (κ2) is 10.1. The van der Waals surface area contributed by atoms with Gasteiger partial charge in [-0.3, -0.25) is 9.69 Å². The molecule has 1 amide bonds. The van der Waals surface area contributed by atoms with E-state index < -0.39 is 0 Å². The Morgan fingerprint density at radius 2 is 1.89 bits per heavy atom. The summed E-state index contributed by atoms with van der Waals surface area (Å²) in [6.07, 6.45) is 5.51. The molecule has 0 aliphatic carbocycles. The minimum Gasteiger partial charge on any atom is -0.497 e. The van der Waals surface area contributed by atoms with Gasteiger partial charge in [0.15, 0.2) is 0 Å². The Kier molecular flexibility index (Phi) is 7.53. The van der Waals surface area contributed by atoms with Crippen LogP contribution in [0.5, 0.6) is 5.75 Å². The fourth-order valence-electron chi connectivity index (χ4n) is 4.49. The van der Waals surface area contributed by atoms with Crippen molar-refractivity contribution in [2.45, 2.75) is 45.1 Å². The minimum atomic E-state index is 0.193. The zero-order valence-electron chi connectivity index (χ0n) is 16.9. The van der Waals surface area contributed by atoms with Gasteiger partial charge in [0.1, 0.15) is 5.75 Å². The van der Waals surface area contributed by atoms with Gasteiger partial charge in [0.05, 0.1) is 13.2 Å². The van der Waals surface area contributed by atoms with E-state index in [2.05, 4.69) is 34.6 Å². The van der Waals surface area contributed by atoms with Crippen LogP contribution in [0, 0.1) is 11.8 Å². The quantitative estimate of drug-likeness (QED) is 0.736. The summed E-state index contributed by atoms with van der Waals surface area (Å²) in [7, 11) is 1.69. The third-order valence-electron chi connectivity index (χ3n) is 6.27. The summed E-state index contributed by atoms with van der Waals surface area (Å²) in [4.78, 5) is 15.1. The second-order valence-corrected chi connectivity index (χ2v) is 8.10. The molecule has 3 rings (SSSR count). The number of hydrogen-bond donors (Lipinski definition) is 2. The number of hydrogen-bond acceptors (Lipinski definition) is 4. The van der Waals surface area contributed by atoms with Crippen molar-refractivity contribution in [2.75, 3.05) is 39.8 Å². The summed E-state index contributed by atoms with van der Waals surface area (Å²) >= 11 is 0. The zero-order valence-corrected chi connectivity index (χ0v) is 16.9.